The van der Waals surface area contributed by atoms with Crippen LogP contribution in [-0.4, -0.2) is 16.8 Å². The number of benzene rings is 1. The molecule has 2 amide bonds. The summed E-state index contributed by atoms with van der Waals surface area (Å²) in [6.45, 7) is 1.65. The first kappa shape index (κ1) is 20.3. The van der Waals surface area contributed by atoms with Gasteiger partial charge in [0.25, 0.3) is 11.8 Å². The third-order valence-corrected chi connectivity index (χ3v) is 5.73. The van der Waals surface area contributed by atoms with E-state index in [-0.39, 0.29) is 20.6 Å². The van der Waals surface area contributed by atoms with Crippen LogP contribution in [0.3, 0.4) is 0 Å². The fourth-order valence-corrected chi connectivity index (χ4v) is 4.11. The lowest BCUT2D eigenvalue weighted by Gasteiger charge is -2.04. The first-order valence-corrected chi connectivity index (χ1v) is 9.73. The number of carbonyl (C=O) groups is 2. The molecule has 0 unspecified atom stereocenters. The number of hydrogen-bond acceptors (Lipinski definition) is 5. The van der Waals surface area contributed by atoms with Crippen LogP contribution in [0.2, 0.25) is 5.02 Å². The summed E-state index contributed by atoms with van der Waals surface area (Å²) < 4.78 is 37.8. The van der Waals surface area contributed by atoms with Gasteiger partial charge in [0.15, 0.2) is 10.8 Å². The highest BCUT2D eigenvalue weighted by Crippen LogP contribution is 2.33. The topological polar surface area (TPSA) is 71.1 Å². The van der Waals surface area contributed by atoms with Crippen molar-refractivity contribution in [2.45, 2.75) is 13.1 Å². The van der Waals surface area contributed by atoms with Gasteiger partial charge in [0.05, 0.1) is 20.5 Å². The third-order valence-electron chi connectivity index (χ3n) is 3.49. The van der Waals surface area contributed by atoms with Crippen LogP contribution in [0.15, 0.2) is 35.7 Å². The van der Waals surface area contributed by atoms with Gasteiger partial charge >= 0.3 is 6.18 Å². The van der Waals surface area contributed by atoms with E-state index in [1.54, 1.807) is 37.3 Å². The minimum Gasteiger partial charge on any atom is -0.313 e. The molecule has 3 aromatic rings. The van der Waals surface area contributed by atoms with Gasteiger partial charge in [0.2, 0.25) is 0 Å². The van der Waals surface area contributed by atoms with E-state index in [1.165, 1.54) is 0 Å². The number of nitrogens with one attached hydrogen (secondary N) is 2. The number of hydrogen-bond donors (Lipinski definition) is 2. The number of thiophene rings is 1. The van der Waals surface area contributed by atoms with E-state index in [0.29, 0.717) is 21.9 Å². The fraction of sp³-hybridized carbons (Fsp3) is 0.118. The summed E-state index contributed by atoms with van der Waals surface area (Å²) in [7, 11) is 0. The van der Waals surface area contributed by atoms with E-state index >= 15 is 0 Å². The molecule has 0 aliphatic carbocycles. The predicted molar refractivity (Wildman–Crippen MR) is 104 cm³/mol. The molecular weight excluding hydrogens is 435 g/mol. The molecule has 0 fully saturated rings. The normalized spacial score (nSPS) is 11.3. The predicted octanol–water partition coefficient (Wildman–Crippen LogP) is 5.69. The first-order valence-electron chi connectivity index (χ1n) is 7.65. The summed E-state index contributed by atoms with van der Waals surface area (Å²) in [5.74, 6) is -1.04. The van der Waals surface area contributed by atoms with Crippen molar-refractivity contribution >= 4 is 56.2 Å². The quantitative estimate of drug-likeness (QED) is 0.542. The van der Waals surface area contributed by atoms with Crippen molar-refractivity contribution in [3.05, 3.63) is 62.4 Å². The van der Waals surface area contributed by atoms with Crippen LogP contribution in [0.1, 0.15) is 31.3 Å². The van der Waals surface area contributed by atoms with Crippen LogP contribution in [0.4, 0.5) is 23.3 Å². The maximum Gasteiger partial charge on any atom is 0.434 e. The molecule has 0 aliphatic heterocycles. The Balaban J connectivity index is 1.73. The number of halogens is 4. The maximum atomic E-state index is 12.6. The van der Waals surface area contributed by atoms with E-state index in [1.807, 2.05) is 0 Å². The Morgan fingerprint density at radius 3 is 2.50 bits per heavy atom. The monoisotopic (exact) mass is 445 g/mol. The Morgan fingerprint density at radius 2 is 1.86 bits per heavy atom. The zero-order chi connectivity index (χ0) is 20.5. The second kappa shape index (κ2) is 7.90. The van der Waals surface area contributed by atoms with E-state index in [4.69, 9.17) is 11.6 Å². The highest BCUT2D eigenvalue weighted by atomic mass is 35.5. The van der Waals surface area contributed by atoms with Crippen LogP contribution in [0.5, 0.6) is 0 Å². The lowest BCUT2D eigenvalue weighted by atomic mass is 10.2. The van der Waals surface area contributed by atoms with Crippen molar-refractivity contribution in [1.82, 2.24) is 4.98 Å². The van der Waals surface area contributed by atoms with Gasteiger partial charge in [0.1, 0.15) is 0 Å². The minimum atomic E-state index is -4.57. The highest BCUT2D eigenvalue weighted by molar-refractivity contribution is 7.18. The van der Waals surface area contributed by atoms with Crippen molar-refractivity contribution in [1.29, 1.82) is 0 Å². The Bertz CT molecular complexity index is 1050. The van der Waals surface area contributed by atoms with E-state index in [0.717, 1.165) is 16.7 Å². The summed E-state index contributed by atoms with van der Waals surface area (Å²) in [4.78, 5) is 28.3. The molecule has 5 nitrogen and oxygen atoms in total. The van der Waals surface area contributed by atoms with Crippen molar-refractivity contribution in [2.24, 2.45) is 0 Å². The number of rotatable bonds is 4. The SMILES string of the molecule is Cc1cc(NC(=O)c2ccccc2Cl)sc1C(=O)Nc1nc(C(F)(F)F)cs1. The summed E-state index contributed by atoms with van der Waals surface area (Å²) in [6.07, 6.45) is -4.57. The van der Waals surface area contributed by atoms with Gasteiger partial charge in [-0.25, -0.2) is 4.98 Å². The Hall–Kier alpha value is -2.43. The first-order chi connectivity index (χ1) is 13.1. The third kappa shape index (κ3) is 4.51. The van der Waals surface area contributed by atoms with Crippen LogP contribution in [0, 0.1) is 6.92 Å². The second-order valence-electron chi connectivity index (χ2n) is 5.55. The standard InChI is InChI=1S/C17H11ClF3N3O2S2/c1-8-6-12(23-14(25)9-4-2-3-5-10(9)18)28-13(8)15(26)24-16-22-11(7-27-16)17(19,20)21/h2-7H,1H3,(H,23,25)(H,22,24,26). The molecule has 11 heteroatoms. The van der Waals surface area contributed by atoms with Crippen molar-refractivity contribution < 1.29 is 22.8 Å². The van der Waals surface area contributed by atoms with Gasteiger partial charge in [-0.2, -0.15) is 13.2 Å². The molecule has 2 N–H and O–H groups in total. The molecule has 0 aliphatic rings. The number of anilines is 2. The molecule has 28 heavy (non-hydrogen) atoms. The van der Waals surface area contributed by atoms with Gasteiger partial charge in [-0.3, -0.25) is 14.9 Å². The second-order valence-corrected chi connectivity index (χ2v) is 7.86. The van der Waals surface area contributed by atoms with Crippen molar-refractivity contribution in [3.63, 3.8) is 0 Å². The van der Waals surface area contributed by atoms with Crippen LogP contribution in [-0.2, 0) is 6.18 Å². The van der Waals surface area contributed by atoms with Crippen molar-refractivity contribution in [3.8, 4) is 0 Å². The van der Waals surface area contributed by atoms with Gasteiger partial charge in [0, 0.05) is 5.38 Å². The van der Waals surface area contributed by atoms with Crippen LogP contribution >= 0.6 is 34.3 Å². The summed E-state index contributed by atoms with van der Waals surface area (Å²) in [5.41, 5.74) is -0.225. The minimum absolute atomic E-state index is 0.160. The van der Waals surface area contributed by atoms with Gasteiger partial charge < -0.3 is 5.32 Å². The number of carbonyl (C=O) groups excluding carboxylic acids is 2. The van der Waals surface area contributed by atoms with E-state index < -0.39 is 23.7 Å². The number of amides is 2. The molecule has 2 aromatic heterocycles. The Labute approximate surface area is 170 Å². The zero-order valence-corrected chi connectivity index (χ0v) is 16.4. The molecule has 0 radical (unpaired) electrons. The Morgan fingerprint density at radius 1 is 1.14 bits per heavy atom. The van der Waals surface area contributed by atoms with Crippen molar-refractivity contribution in [2.75, 3.05) is 10.6 Å². The van der Waals surface area contributed by atoms with Crippen LogP contribution in [0.25, 0.3) is 0 Å². The molecule has 146 valence electrons. The zero-order valence-electron chi connectivity index (χ0n) is 14.1. The number of aryl methyl sites for hydroxylation is 1. The molecule has 0 atom stereocenters. The number of thiazole rings is 1. The van der Waals surface area contributed by atoms with Gasteiger partial charge in [-0.05, 0) is 30.7 Å². The highest BCUT2D eigenvalue weighted by Gasteiger charge is 2.34. The maximum absolute atomic E-state index is 12.6. The Kier molecular flexibility index (Phi) is 5.73. The molecule has 0 bridgehead atoms. The molecule has 2 heterocycles. The summed E-state index contributed by atoms with van der Waals surface area (Å²) in [6, 6.07) is 8.10. The average Bonchev–Trinajstić information content (AvgIpc) is 3.21. The average molecular weight is 446 g/mol. The molecule has 1 aromatic carbocycles. The molecule has 0 saturated heterocycles. The fourth-order valence-electron chi connectivity index (χ4n) is 2.21. The number of aromatic nitrogens is 1. The van der Waals surface area contributed by atoms with Crippen LogP contribution < -0.4 is 10.6 Å². The molecule has 0 saturated carbocycles. The van der Waals surface area contributed by atoms with E-state index in [9.17, 15) is 22.8 Å². The number of nitrogens with zero attached hydrogens (tertiary/aromatic N) is 1. The molecule has 0 spiro atoms. The van der Waals surface area contributed by atoms with Gasteiger partial charge in [-0.1, -0.05) is 23.7 Å². The summed E-state index contributed by atoms with van der Waals surface area (Å²) in [5, 5.41) is 6.36. The molecular formula is C17H11ClF3N3O2S2. The molecule has 3 rings (SSSR count). The van der Waals surface area contributed by atoms with E-state index in [2.05, 4.69) is 15.6 Å². The lowest BCUT2D eigenvalue weighted by Crippen LogP contribution is -2.12. The summed E-state index contributed by atoms with van der Waals surface area (Å²) >= 11 is 7.66. The lowest BCUT2D eigenvalue weighted by molar-refractivity contribution is -0.140. The number of alkyl halides is 3. The smallest absolute Gasteiger partial charge is 0.313 e. The van der Waals surface area contributed by atoms with Gasteiger partial charge in [-0.15, -0.1) is 22.7 Å². The largest absolute Gasteiger partial charge is 0.434 e.